The number of benzene rings is 1. The minimum atomic E-state index is -0.305. The van der Waals surface area contributed by atoms with E-state index in [1.807, 2.05) is 18.0 Å². The fourth-order valence-electron chi connectivity index (χ4n) is 3.16. The molecule has 7 heteroatoms. The van der Waals surface area contributed by atoms with Gasteiger partial charge < -0.3 is 9.80 Å². The molecule has 0 aliphatic carbocycles. The summed E-state index contributed by atoms with van der Waals surface area (Å²) in [7, 11) is 3.89. The predicted octanol–water partition coefficient (Wildman–Crippen LogP) is 2.83. The van der Waals surface area contributed by atoms with Crippen molar-refractivity contribution < 1.29 is 9.18 Å². The Bertz CT molecular complexity index is 940. The van der Waals surface area contributed by atoms with Crippen molar-refractivity contribution in [1.82, 2.24) is 19.6 Å². The molecule has 4 rings (SSSR count). The number of likely N-dealkylation sites (N-methyl/N-ethyl adjacent to an activating group) is 1. The van der Waals surface area contributed by atoms with E-state index in [1.54, 1.807) is 22.9 Å². The van der Waals surface area contributed by atoms with Crippen molar-refractivity contribution in [2.24, 2.45) is 7.05 Å². The number of hydrogen-bond acceptors (Lipinski definition) is 4. The van der Waals surface area contributed by atoms with E-state index in [4.69, 9.17) is 0 Å². The zero-order valence-electron chi connectivity index (χ0n) is 14.2. The summed E-state index contributed by atoms with van der Waals surface area (Å²) in [6.07, 6.45) is 0. The molecule has 0 N–H and O–H groups in total. The highest BCUT2D eigenvalue weighted by Gasteiger charge is 2.24. The van der Waals surface area contributed by atoms with Gasteiger partial charge in [-0.1, -0.05) is 12.1 Å². The molecule has 0 unspecified atom stereocenters. The van der Waals surface area contributed by atoms with Crippen LogP contribution in [0.25, 0.3) is 21.5 Å². The lowest BCUT2D eigenvalue weighted by Crippen LogP contribution is -2.46. The van der Waals surface area contributed by atoms with Crippen LogP contribution in [0.15, 0.2) is 30.3 Å². The molecule has 3 aromatic rings. The summed E-state index contributed by atoms with van der Waals surface area (Å²) < 4.78 is 15.9. The highest BCUT2D eigenvalue weighted by molar-refractivity contribution is 7.20. The van der Waals surface area contributed by atoms with E-state index in [9.17, 15) is 9.18 Å². The Morgan fingerprint density at radius 2 is 1.88 bits per heavy atom. The van der Waals surface area contributed by atoms with Gasteiger partial charge in [0, 0.05) is 44.2 Å². The lowest BCUT2D eigenvalue weighted by Gasteiger charge is -2.32. The zero-order valence-corrected chi connectivity index (χ0v) is 15.0. The topological polar surface area (TPSA) is 41.4 Å². The van der Waals surface area contributed by atoms with Crippen LogP contribution in [-0.4, -0.2) is 58.7 Å². The molecule has 0 spiro atoms. The summed E-state index contributed by atoms with van der Waals surface area (Å²) in [5, 5.41) is 5.29. The van der Waals surface area contributed by atoms with Gasteiger partial charge in [0.1, 0.15) is 16.3 Å². The first-order valence-electron chi connectivity index (χ1n) is 8.24. The first kappa shape index (κ1) is 16.2. The minimum Gasteiger partial charge on any atom is -0.335 e. The van der Waals surface area contributed by atoms with Crippen molar-refractivity contribution in [2.45, 2.75) is 0 Å². The molecular weight excluding hydrogens is 339 g/mol. The molecule has 3 heterocycles. The Hall–Kier alpha value is -2.25. The molecule has 0 saturated carbocycles. The quantitative estimate of drug-likeness (QED) is 0.707. The Balaban J connectivity index is 1.73. The molecule has 1 aliphatic rings. The van der Waals surface area contributed by atoms with Crippen LogP contribution < -0.4 is 0 Å². The predicted molar refractivity (Wildman–Crippen MR) is 97.4 cm³/mol. The van der Waals surface area contributed by atoms with Gasteiger partial charge in [-0.3, -0.25) is 9.48 Å². The van der Waals surface area contributed by atoms with Crippen LogP contribution >= 0.6 is 11.3 Å². The average molecular weight is 358 g/mol. The molecule has 1 amide bonds. The van der Waals surface area contributed by atoms with Crippen LogP contribution in [0.1, 0.15) is 9.67 Å². The third kappa shape index (κ3) is 2.83. The van der Waals surface area contributed by atoms with Crippen molar-refractivity contribution >= 4 is 27.5 Å². The number of thiophene rings is 1. The summed E-state index contributed by atoms with van der Waals surface area (Å²) in [5.41, 5.74) is 1.05. The van der Waals surface area contributed by atoms with Crippen LogP contribution in [-0.2, 0) is 7.05 Å². The summed E-state index contributed by atoms with van der Waals surface area (Å²) >= 11 is 1.42. The van der Waals surface area contributed by atoms with Gasteiger partial charge in [0.2, 0.25) is 0 Å². The summed E-state index contributed by atoms with van der Waals surface area (Å²) in [4.78, 5) is 18.5. The molecule has 2 aromatic heterocycles. The number of nitrogens with zero attached hydrogens (tertiary/aromatic N) is 4. The van der Waals surface area contributed by atoms with Crippen molar-refractivity contribution in [3.8, 4) is 11.3 Å². The molecule has 1 fully saturated rings. The summed E-state index contributed by atoms with van der Waals surface area (Å²) in [5.74, 6) is -0.255. The number of amides is 1. The molecule has 25 heavy (non-hydrogen) atoms. The van der Waals surface area contributed by atoms with Crippen LogP contribution in [0.5, 0.6) is 0 Å². The van der Waals surface area contributed by atoms with E-state index in [1.165, 1.54) is 17.4 Å². The average Bonchev–Trinajstić information content (AvgIpc) is 3.16. The van der Waals surface area contributed by atoms with Crippen LogP contribution in [0.4, 0.5) is 4.39 Å². The monoisotopic (exact) mass is 358 g/mol. The SMILES string of the molecule is CN1CCN(C(=O)c2cc3c(-c4ccccc4F)nn(C)c3s2)CC1. The first-order chi connectivity index (χ1) is 12.0. The number of carbonyl (C=O) groups excluding carboxylic acids is 1. The van der Waals surface area contributed by atoms with Crippen molar-refractivity contribution in [3.63, 3.8) is 0 Å². The van der Waals surface area contributed by atoms with Gasteiger partial charge in [-0.2, -0.15) is 5.10 Å². The maximum atomic E-state index is 14.2. The summed E-state index contributed by atoms with van der Waals surface area (Å²) in [6.45, 7) is 3.25. The van der Waals surface area contributed by atoms with Crippen LogP contribution in [0, 0.1) is 5.82 Å². The first-order valence-corrected chi connectivity index (χ1v) is 9.05. The molecule has 130 valence electrons. The minimum absolute atomic E-state index is 0.0498. The number of rotatable bonds is 2. The molecule has 5 nitrogen and oxygen atoms in total. The maximum absolute atomic E-state index is 14.2. The smallest absolute Gasteiger partial charge is 0.264 e. The number of fused-ring (bicyclic) bond motifs is 1. The number of halogens is 1. The van der Waals surface area contributed by atoms with E-state index in [0.717, 1.165) is 36.4 Å². The van der Waals surface area contributed by atoms with Crippen molar-refractivity contribution in [2.75, 3.05) is 33.2 Å². The van der Waals surface area contributed by atoms with E-state index < -0.39 is 0 Å². The largest absolute Gasteiger partial charge is 0.335 e. The highest BCUT2D eigenvalue weighted by atomic mass is 32.1. The molecule has 1 aliphatic heterocycles. The van der Waals surface area contributed by atoms with Gasteiger partial charge in [0.25, 0.3) is 5.91 Å². The van der Waals surface area contributed by atoms with E-state index in [-0.39, 0.29) is 11.7 Å². The Morgan fingerprint density at radius 1 is 1.16 bits per heavy atom. The molecule has 1 aromatic carbocycles. The van der Waals surface area contributed by atoms with Gasteiger partial charge >= 0.3 is 0 Å². The summed E-state index contributed by atoms with van der Waals surface area (Å²) in [6, 6.07) is 8.46. The van der Waals surface area contributed by atoms with E-state index in [0.29, 0.717) is 16.1 Å². The van der Waals surface area contributed by atoms with Crippen LogP contribution in [0.2, 0.25) is 0 Å². The lowest BCUT2D eigenvalue weighted by molar-refractivity contribution is 0.0669. The molecule has 0 bridgehead atoms. The maximum Gasteiger partial charge on any atom is 0.264 e. The number of carbonyl (C=O) groups is 1. The standard InChI is InChI=1S/C18H19FN4OS/c1-21-7-9-23(10-8-21)17(24)15-11-13-16(20-22(2)18(13)25-15)12-5-3-4-6-14(12)19/h3-6,11H,7-10H2,1-2H3. The van der Waals surface area contributed by atoms with Gasteiger partial charge in [-0.15, -0.1) is 11.3 Å². The van der Waals surface area contributed by atoms with Gasteiger partial charge in [0.15, 0.2) is 0 Å². The van der Waals surface area contributed by atoms with Crippen LogP contribution in [0.3, 0.4) is 0 Å². The second-order valence-electron chi connectivity index (χ2n) is 6.38. The fraction of sp³-hybridized carbons (Fsp3) is 0.333. The van der Waals surface area contributed by atoms with E-state index in [2.05, 4.69) is 17.0 Å². The molecule has 0 radical (unpaired) electrons. The third-order valence-electron chi connectivity index (χ3n) is 4.64. The van der Waals surface area contributed by atoms with Crippen molar-refractivity contribution in [1.29, 1.82) is 0 Å². The van der Waals surface area contributed by atoms with Gasteiger partial charge in [-0.25, -0.2) is 4.39 Å². The van der Waals surface area contributed by atoms with Gasteiger partial charge in [-0.05, 0) is 25.2 Å². The van der Waals surface area contributed by atoms with E-state index >= 15 is 0 Å². The molecular formula is C18H19FN4OS. The lowest BCUT2D eigenvalue weighted by atomic mass is 10.1. The number of aromatic nitrogens is 2. The number of aryl methyl sites for hydroxylation is 1. The normalized spacial score (nSPS) is 15.9. The third-order valence-corrected chi connectivity index (χ3v) is 5.83. The zero-order chi connectivity index (χ0) is 17.6. The number of piperazine rings is 1. The second kappa shape index (κ2) is 6.24. The Labute approximate surface area is 149 Å². The van der Waals surface area contributed by atoms with Crippen molar-refractivity contribution in [3.05, 3.63) is 41.0 Å². The highest BCUT2D eigenvalue weighted by Crippen LogP contribution is 2.35. The second-order valence-corrected chi connectivity index (χ2v) is 7.41. The fourth-order valence-corrected chi connectivity index (χ4v) is 4.20. The molecule has 1 saturated heterocycles. The Kier molecular flexibility index (Phi) is 4.05. The number of hydrogen-bond donors (Lipinski definition) is 0. The Morgan fingerprint density at radius 3 is 2.60 bits per heavy atom. The van der Waals surface area contributed by atoms with Gasteiger partial charge in [0.05, 0.1) is 4.88 Å². The molecule has 0 atom stereocenters.